The van der Waals surface area contributed by atoms with Crippen LogP contribution >= 0.6 is 24.4 Å². The maximum absolute atomic E-state index is 12.6. The minimum absolute atomic E-state index is 0.00645. The van der Waals surface area contributed by atoms with Crippen LogP contribution in [0, 0.1) is 0 Å². The van der Waals surface area contributed by atoms with E-state index in [2.05, 4.69) is 44.9 Å². The van der Waals surface area contributed by atoms with Crippen LogP contribution in [0.4, 0.5) is 23.0 Å². The van der Waals surface area contributed by atoms with Crippen molar-refractivity contribution in [3.8, 4) is 22.8 Å². The van der Waals surface area contributed by atoms with Crippen LogP contribution in [0.5, 0.6) is 0 Å². The van der Waals surface area contributed by atoms with Crippen molar-refractivity contribution >= 4 is 77.3 Å². The van der Waals surface area contributed by atoms with Crippen LogP contribution in [0.3, 0.4) is 0 Å². The first-order valence-electron chi connectivity index (χ1n) is 21.8. The standard InChI is InChI=1S/C22H29N5O4S2.C22H29N5O3S2/c1-15-14-31-12-10-27(15)19-13-18(22(7-8-22)33(2,29)30)25-20(26-19)16-3-5-17(6-4-16)24-21(32)23-9-11-28;1-4-23-21(31)24-17-7-5-16(6-8-17)20-25-18(22(9-10-22)32(3,28)29)13-19(26-20)27-11-12-30-14-15(27)2/h3-6,13,15,28H,7-12,14H2,1-2H3,(H2,23,24,32);5-8,13,15H,4,9-12,14H2,1-3H3,(H2,23,24,31)/t2*15-/m00/s1. The minimum Gasteiger partial charge on any atom is -0.395 e. The van der Waals surface area contributed by atoms with Crippen molar-refractivity contribution in [1.82, 2.24) is 30.6 Å². The van der Waals surface area contributed by atoms with Gasteiger partial charge in [0.15, 0.2) is 41.5 Å². The van der Waals surface area contributed by atoms with Gasteiger partial charge in [0, 0.05) is 73.3 Å². The summed E-state index contributed by atoms with van der Waals surface area (Å²) in [4.78, 5) is 23.4. The lowest BCUT2D eigenvalue weighted by atomic mass is 10.1. The summed E-state index contributed by atoms with van der Waals surface area (Å²) in [6.45, 7) is 11.0. The summed E-state index contributed by atoms with van der Waals surface area (Å²) in [5.41, 5.74) is 4.37. The Labute approximate surface area is 392 Å². The Hall–Kier alpha value is -4.64. The van der Waals surface area contributed by atoms with E-state index >= 15 is 0 Å². The van der Waals surface area contributed by atoms with E-state index in [0.29, 0.717) is 105 Å². The molecule has 350 valence electrons. The number of rotatable bonds is 13. The second-order valence-corrected chi connectivity index (χ2v) is 22.3. The van der Waals surface area contributed by atoms with Gasteiger partial charge in [-0.3, -0.25) is 0 Å². The zero-order chi connectivity index (χ0) is 46.6. The highest BCUT2D eigenvalue weighted by Gasteiger charge is 2.56. The molecule has 0 amide bonds. The van der Waals surface area contributed by atoms with Crippen molar-refractivity contribution in [3.63, 3.8) is 0 Å². The van der Waals surface area contributed by atoms with E-state index in [1.807, 2.05) is 67.6 Å². The van der Waals surface area contributed by atoms with Gasteiger partial charge in [0.1, 0.15) is 21.1 Å². The fraction of sp³-hybridized carbons (Fsp3) is 0.500. The van der Waals surface area contributed by atoms with Crippen molar-refractivity contribution in [2.75, 3.05) is 92.2 Å². The van der Waals surface area contributed by atoms with Gasteiger partial charge < -0.3 is 45.6 Å². The van der Waals surface area contributed by atoms with Crippen LogP contribution in [0.15, 0.2) is 60.7 Å². The predicted molar refractivity (Wildman–Crippen MR) is 263 cm³/mol. The van der Waals surface area contributed by atoms with E-state index in [9.17, 15) is 16.8 Å². The summed E-state index contributed by atoms with van der Waals surface area (Å²) in [5.74, 6) is 2.47. The second-order valence-electron chi connectivity index (χ2n) is 16.9. The monoisotopic (exact) mass is 966 g/mol. The van der Waals surface area contributed by atoms with Crippen LogP contribution < -0.4 is 31.1 Å². The number of aliphatic hydroxyl groups is 1. The van der Waals surface area contributed by atoms with E-state index in [0.717, 1.165) is 40.7 Å². The lowest BCUT2D eigenvalue weighted by Gasteiger charge is -2.34. The molecule has 2 aromatic carbocycles. The SMILES string of the molecule is CCNC(=S)Nc1ccc(-c2nc(N3CCOC[C@@H]3C)cc(C3(S(C)(=O)=O)CC3)n2)cc1.C[C@H]1COCCN1c1cc(C2(S(C)(=O)=O)CC2)nc(-c2ccc(NC(=S)NCCO)cc2)n1. The molecule has 4 heterocycles. The van der Waals surface area contributed by atoms with Gasteiger partial charge in [0.2, 0.25) is 0 Å². The summed E-state index contributed by atoms with van der Waals surface area (Å²) in [5, 5.41) is 22.0. The first kappa shape index (κ1) is 48.3. The first-order valence-corrected chi connectivity index (χ1v) is 26.4. The highest BCUT2D eigenvalue weighted by atomic mass is 32.2. The summed E-state index contributed by atoms with van der Waals surface area (Å²) < 4.78 is 59.7. The minimum atomic E-state index is -3.31. The molecule has 0 bridgehead atoms. The van der Waals surface area contributed by atoms with Crippen LogP contribution in [0.2, 0.25) is 0 Å². The molecule has 2 atom stereocenters. The number of hydrogen-bond donors (Lipinski definition) is 5. The molecule has 65 heavy (non-hydrogen) atoms. The summed E-state index contributed by atoms with van der Waals surface area (Å²) >= 11 is 10.4. The quantitative estimate of drug-likeness (QED) is 0.118. The van der Waals surface area contributed by atoms with Gasteiger partial charge in [0.05, 0.1) is 56.5 Å². The number of benzene rings is 2. The number of sulfone groups is 2. The highest BCUT2D eigenvalue weighted by Crippen LogP contribution is 2.53. The number of nitrogens with one attached hydrogen (secondary N) is 4. The Bertz CT molecular complexity index is 2580. The highest BCUT2D eigenvalue weighted by molar-refractivity contribution is 7.92. The third-order valence-corrected chi connectivity index (χ3v) is 16.6. The average Bonchev–Trinajstić information content (AvgIpc) is 4.21. The van der Waals surface area contributed by atoms with E-state index in [4.69, 9.17) is 59.0 Å². The molecule has 2 aliphatic heterocycles. The molecule has 5 N–H and O–H groups in total. The Morgan fingerprint density at radius 2 is 1.09 bits per heavy atom. The maximum Gasteiger partial charge on any atom is 0.170 e. The average molecular weight is 967 g/mol. The van der Waals surface area contributed by atoms with Gasteiger partial charge in [0.25, 0.3) is 0 Å². The van der Waals surface area contributed by atoms with E-state index in [1.54, 1.807) is 0 Å². The van der Waals surface area contributed by atoms with E-state index in [1.165, 1.54) is 12.5 Å². The van der Waals surface area contributed by atoms with Gasteiger partial charge in [-0.05, 0) is 119 Å². The Morgan fingerprint density at radius 1 is 0.692 bits per heavy atom. The largest absolute Gasteiger partial charge is 0.395 e. The molecule has 2 aliphatic carbocycles. The molecule has 0 spiro atoms. The van der Waals surface area contributed by atoms with Crippen molar-refractivity contribution < 1.29 is 31.4 Å². The second kappa shape index (κ2) is 20.1. The molecular weight excluding hydrogens is 909 g/mol. The smallest absolute Gasteiger partial charge is 0.170 e. The topological polar surface area (TPSA) is 213 Å². The van der Waals surface area contributed by atoms with Gasteiger partial charge in [-0.25, -0.2) is 36.8 Å². The fourth-order valence-corrected chi connectivity index (χ4v) is 11.1. The van der Waals surface area contributed by atoms with Crippen molar-refractivity contribution in [1.29, 1.82) is 0 Å². The molecule has 0 unspecified atom stereocenters. The zero-order valence-electron chi connectivity index (χ0n) is 37.3. The van der Waals surface area contributed by atoms with Gasteiger partial charge in [-0.1, -0.05) is 0 Å². The van der Waals surface area contributed by atoms with Crippen molar-refractivity contribution in [3.05, 3.63) is 72.1 Å². The summed E-state index contributed by atoms with van der Waals surface area (Å²) in [6.07, 6.45) is 4.90. The van der Waals surface area contributed by atoms with Gasteiger partial charge in [-0.15, -0.1) is 0 Å². The number of thiocarbonyl (C=S) groups is 2. The predicted octanol–water partition coefficient (Wildman–Crippen LogP) is 4.39. The van der Waals surface area contributed by atoms with E-state index in [-0.39, 0.29) is 18.7 Å². The number of aliphatic hydroxyl groups excluding tert-OH is 1. The molecular formula is C44H58N10O7S4. The Kier molecular flexibility index (Phi) is 14.9. The molecule has 4 fully saturated rings. The number of ether oxygens (including phenoxy) is 2. The summed E-state index contributed by atoms with van der Waals surface area (Å²) in [6, 6.07) is 19.1. The van der Waals surface area contributed by atoms with Gasteiger partial charge >= 0.3 is 0 Å². The molecule has 4 aromatic rings. The lowest BCUT2D eigenvalue weighted by molar-refractivity contribution is 0.0985. The lowest BCUT2D eigenvalue weighted by Crippen LogP contribution is -2.44. The Balaban J connectivity index is 0.000000194. The maximum atomic E-state index is 12.6. The number of anilines is 4. The summed E-state index contributed by atoms with van der Waals surface area (Å²) in [7, 11) is -6.61. The van der Waals surface area contributed by atoms with Crippen molar-refractivity contribution in [2.24, 2.45) is 0 Å². The molecule has 21 heteroatoms. The Morgan fingerprint density at radius 3 is 1.43 bits per heavy atom. The zero-order valence-corrected chi connectivity index (χ0v) is 40.6. The van der Waals surface area contributed by atoms with Crippen LogP contribution in [-0.2, 0) is 38.6 Å². The van der Waals surface area contributed by atoms with Crippen LogP contribution in [-0.4, -0.2) is 136 Å². The molecule has 8 rings (SSSR count). The molecule has 0 radical (unpaired) electrons. The molecule has 2 saturated heterocycles. The number of hydrogen-bond acceptors (Lipinski definition) is 15. The first-order chi connectivity index (χ1) is 31.0. The van der Waals surface area contributed by atoms with Crippen molar-refractivity contribution in [2.45, 2.75) is 68.0 Å². The van der Waals surface area contributed by atoms with Crippen LogP contribution in [0.1, 0.15) is 57.8 Å². The third kappa shape index (κ3) is 11.1. The van der Waals surface area contributed by atoms with E-state index < -0.39 is 29.2 Å². The number of morpholine rings is 2. The molecule has 4 aliphatic rings. The van der Waals surface area contributed by atoms with Gasteiger partial charge in [-0.2, -0.15) is 0 Å². The normalized spacial score (nSPS) is 19.8. The van der Waals surface area contributed by atoms with Crippen LogP contribution in [0.25, 0.3) is 22.8 Å². The number of nitrogens with zero attached hydrogens (tertiary/aromatic N) is 6. The number of aromatic nitrogens is 4. The third-order valence-electron chi connectivity index (χ3n) is 12.0. The molecule has 17 nitrogen and oxygen atoms in total. The fourth-order valence-electron chi connectivity index (χ4n) is 7.97. The molecule has 2 saturated carbocycles. The molecule has 2 aromatic heterocycles.